The maximum absolute atomic E-state index is 11.1. The lowest BCUT2D eigenvalue weighted by Crippen LogP contribution is -2.27. The van der Waals surface area contributed by atoms with Crippen molar-refractivity contribution >= 4 is 11.9 Å². The summed E-state index contributed by atoms with van der Waals surface area (Å²) in [5, 5.41) is 0. The topological polar surface area (TPSA) is 52.6 Å². The Hall–Kier alpha value is -1.84. The summed E-state index contributed by atoms with van der Waals surface area (Å²) in [4.78, 5) is 22.0. The fourth-order valence-corrected chi connectivity index (χ4v) is 1.59. The van der Waals surface area contributed by atoms with E-state index in [0.717, 1.165) is 30.9 Å². The Morgan fingerprint density at radius 3 is 2.30 bits per heavy atom. The molecule has 0 aromatic heterocycles. The monoisotopic (exact) mass is 280 g/mol. The molecular weight excluding hydrogens is 256 g/mol. The highest BCUT2D eigenvalue weighted by Gasteiger charge is 2.20. The number of allylic oxidation sites excluding steroid dienone is 1. The average molecular weight is 280 g/mol. The molecule has 0 atom stereocenters. The predicted octanol–water partition coefficient (Wildman–Crippen LogP) is 3.34. The second-order valence-corrected chi connectivity index (χ2v) is 5.12. The van der Waals surface area contributed by atoms with Crippen molar-refractivity contribution in [1.29, 1.82) is 0 Å². The number of carbonyl (C=O) groups is 2. The summed E-state index contributed by atoms with van der Waals surface area (Å²) in [7, 11) is 0. The predicted molar refractivity (Wildman–Crippen MR) is 79.1 cm³/mol. The minimum Gasteiger partial charge on any atom is -0.458 e. The molecule has 20 heavy (non-hydrogen) atoms. The Labute approximate surface area is 121 Å². The van der Waals surface area contributed by atoms with E-state index in [4.69, 9.17) is 9.47 Å². The Morgan fingerprint density at radius 1 is 1.15 bits per heavy atom. The Kier molecular flexibility index (Phi) is 8.29. The van der Waals surface area contributed by atoms with Crippen molar-refractivity contribution in [2.24, 2.45) is 0 Å². The van der Waals surface area contributed by atoms with E-state index < -0.39 is 17.5 Å². The van der Waals surface area contributed by atoms with Crippen molar-refractivity contribution in [3.8, 4) is 0 Å². The molecule has 112 valence electrons. The van der Waals surface area contributed by atoms with Crippen LogP contribution in [0.3, 0.4) is 0 Å². The number of esters is 2. The van der Waals surface area contributed by atoms with Crippen LogP contribution in [-0.2, 0) is 19.1 Å². The average Bonchev–Trinajstić information content (AvgIpc) is 2.37. The van der Waals surface area contributed by atoms with Crippen LogP contribution in [0.1, 0.15) is 40.0 Å². The molecule has 0 radical (unpaired) electrons. The van der Waals surface area contributed by atoms with Crippen LogP contribution >= 0.6 is 0 Å². The third-order valence-electron chi connectivity index (χ3n) is 2.72. The molecule has 0 fully saturated rings. The molecule has 0 aliphatic heterocycles. The van der Waals surface area contributed by atoms with Crippen LogP contribution in [0.15, 0.2) is 37.0 Å². The zero-order valence-corrected chi connectivity index (χ0v) is 12.6. The summed E-state index contributed by atoms with van der Waals surface area (Å²) in [5.41, 5.74) is 0.633. The van der Waals surface area contributed by atoms with Gasteiger partial charge in [0.25, 0.3) is 0 Å². The Bertz CT molecular complexity index is 391. The van der Waals surface area contributed by atoms with E-state index in [2.05, 4.69) is 13.2 Å². The summed E-state index contributed by atoms with van der Waals surface area (Å²) in [5.74, 6) is -0.829. The zero-order chi connectivity index (χ0) is 15.6. The Balaban J connectivity index is 4.00. The van der Waals surface area contributed by atoms with E-state index in [1.807, 2.05) is 26.8 Å². The molecule has 0 rings (SSSR count). The minimum atomic E-state index is -0.499. The fourth-order valence-electron chi connectivity index (χ4n) is 1.59. The standard InChI is InChI=1S/C16H24O4/c1-6-14(17)19-12-10-13(3)9-8-11-16(4,5)20-15(18)7-2/h6-7,10H,1-2,8-9,11-12H2,3-5H3. The smallest absolute Gasteiger partial charge is 0.330 e. The molecule has 4 heteroatoms. The molecule has 0 aliphatic carbocycles. The molecule has 0 unspecified atom stereocenters. The second-order valence-electron chi connectivity index (χ2n) is 5.12. The van der Waals surface area contributed by atoms with Crippen LogP contribution in [0, 0.1) is 0 Å². The molecular formula is C16H24O4. The molecule has 0 saturated carbocycles. The largest absolute Gasteiger partial charge is 0.458 e. The third-order valence-corrected chi connectivity index (χ3v) is 2.72. The van der Waals surface area contributed by atoms with Crippen molar-refractivity contribution in [3.63, 3.8) is 0 Å². The van der Waals surface area contributed by atoms with E-state index in [0.29, 0.717) is 0 Å². The molecule has 0 saturated heterocycles. The molecule has 0 aromatic carbocycles. The normalized spacial score (nSPS) is 11.7. The zero-order valence-electron chi connectivity index (χ0n) is 12.6. The van der Waals surface area contributed by atoms with Gasteiger partial charge in [0.1, 0.15) is 12.2 Å². The summed E-state index contributed by atoms with van der Waals surface area (Å²) in [6.45, 7) is 12.7. The SMILES string of the molecule is C=CC(=O)OCC=C(C)CCCC(C)(C)OC(=O)C=C. The van der Waals surface area contributed by atoms with Crippen LogP contribution in [0.2, 0.25) is 0 Å². The van der Waals surface area contributed by atoms with Gasteiger partial charge in [-0.1, -0.05) is 18.7 Å². The van der Waals surface area contributed by atoms with Gasteiger partial charge in [-0.15, -0.1) is 0 Å². The first kappa shape index (κ1) is 18.2. The van der Waals surface area contributed by atoms with Crippen molar-refractivity contribution in [2.45, 2.75) is 45.6 Å². The van der Waals surface area contributed by atoms with Gasteiger partial charge in [-0.2, -0.15) is 0 Å². The van der Waals surface area contributed by atoms with Crippen molar-refractivity contribution < 1.29 is 19.1 Å². The molecule has 0 amide bonds. The summed E-state index contributed by atoms with van der Waals surface area (Å²) < 4.78 is 10.1. The maximum Gasteiger partial charge on any atom is 0.330 e. The lowest BCUT2D eigenvalue weighted by atomic mass is 9.99. The maximum atomic E-state index is 11.1. The van der Waals surface area contributed by atoms with E-state index in [9.17, 15) is 9.59 Å². The van der Waals surface area contributed by atoms with Gasteiger partial charge in [0, 0.05) is 12.2 Å². The summed E-state index contributed by atoms with van der Waals surface area (Å²) >= 11 is 0. The van der Waals surface area contributed by atoms with Crippen LogP contribution in [0.25, 0.3) is 0 Å². The highest BCUT2D eigenvalue weighted by molar-refractivity contribution is 5.81. The summed E-state index contributed by atoms with van der Waals surface area (Å²) in [6.07, 6.45) is 6.67. The lowest BCUT2D eigenvalue weighted by molar-refractivity contribution is -0.150. The first-order chi connectivity index (χ1) is 9.30. The van der Waals surface area contributed by atoms with E-state index >= 15 is 0 Å². The quantitative estimate of drug-likeness (QED) is 0.369. The third kappa shape index (κ3) is 9.14. The van der Waals surface area contributed by atoms with Gasteiger partial charge in [0.05, 0.1) is 0 Å². The van der Waals surface area contributed by atoms with Crippen molar-refractivity contribution in [1.82, 2.24) is 0 Å². The van der Waals surface area contributed by atoms with E-state index in [1.165, 1.54) is 6.08 Å². The van der Waals surface area contributed by atoms with Crippen molar-refractivity contribution in [2.75, 3.05) is 6.61 Å². The Morgan fingerprint density at radius 2 is 1.75 bits per heavy atom. The van der Waals surface area contributed by atoms with Crippen LogP contribution < -0.4 is 0 Å². The van der Waals surface area contributed by atoms with Gasteiger partial charge in [0.2, 0.25) is 0 Å². The van der Waals surface area contributed by atoms with Gasteiger partial charge >= 0.3 is 11.9 Å². The van der Waals surface area contributed by atoms with Gasteiger partial charge in [-0.05, 0) is 46.1 Å². The van der Waals surface area contributed by atoms with Crippen LogP contribution in [0.5, 0.6) is 0 Å². The summed E-state index contributed by atoms with van der Waals surface area (Å²) in [6, 6.07) is 0. The number of hydrogen-bond donors (Lipinski definition) is 0. The van der Waals surface area contributed by atoms with Gasteiger partial charge in [-0.3, -0.25) is 0 Å². The number of carbonyl (C=O) groups excluding carboxylic acids is 2. The highest BCUT2D eigenvalue weighted by atomic mass is 16.6. The minimum absolute atomic E-state index is 0.255. The highest BCUT2D eigenvalue weighted by Crippen LogP contribution is 2.20. The fraction of sp³-hybridized carbons (Fsp3) is 0.500. The van der Waals surface area contributed by atoms with Crippen LogP contribution in [0.4, 0.5) is 0 Å². The van der Waals surface area contributed by atoms with E-state index in [1.54, 1.807) is 0 Å². The molecule has 0 aromatic rings. The first-order valence-electron chi connectivity index (χ1n) is 6.61. The number of hydrogen-bond acceptors (Lipinski definition) is 4. The molecule has 0 spiro atoms. The molecule has 4 nitrogen and oxygen atoms in total. The van der Waals surface area contributed by atoms with Gasteiger partial charge in [0.15, 0.2) is 0 Å². The van der Waals surface area contributed by atoms with Gasteiger partial charge < -0.3 is 9.47 Å². The molecule has 0 heterocycles. The van der Waals surface area contributed by atoms with Crippen molar-refractivity contribution in [3.05, 3.63) is 37.0 Å². The number of rotatable bonds is 9. The lowest BCUT2D eigenvalue weighted by Gasteiger charge is -2.24. The van der Waals surface area contributed by atoms with Gasteiger partial charge in [-0.25, -0.2) is 9.59 Å². The first-order valence-corrected chi connectivity index (χ1v) is 6.61. The second kappa shape index (κ2) is 9.13. The molecule has 0 bridgehead atoms. The van der Waals surface area contributed by atoms with E-state index in [-0.39, 0.29) is 6.61 Å². The molecule has 0 aliphatic rings. The number of ether oxygens (including phenoxy) is 2. The van der Waals surface area contributed by atoms with Crippen LogP contribution in [-0.4, -0.2) is 24.1 Å². The molecule has 0 N–H and O–H groups in total.